The highest BCUT2D eigenvalue weighted by molar-refractivity contribution is 5.76. The van der Waals surface area contributed by atoms with E-state index in [1.54, 1.807) is 0 Å². The minimum atomic E-state index is -1.17. The van der Waals surface area contributed by atoms with Gasteiger partial charge in [0, 0.05) is 6.42 Å². The van der Waals surface area contributed by atoms with Gasteiger partial charge in [-0.1, -0.05) is 179 Å². The number of nitrogens with one attached hydrogen (secondary N) is 1. The number of rotatable bonds is 40. The van der Waals surface area contributed by atoms with E-state index >= 15 is 0 Å². The van der Waals surface area contributed by atoms with Gasteiger partial charge >= 0.3 is 0 Å². The van der Waals surface area contributed by atoms with Gasteiger partial charge in [-0.05, 0) is 77.0 Å². The van der Waals surface area contributed by atoms with Crippen LogP contribution in [0.25, 0.3) is 0 Å². The smallest absolute Gasteiger partial charge is 0.220 e. The standard InChI is InChI=1S/C46H87NO4/c1-3-5-7-9-11-13-15-17-19-21-22-23-25-27-29-31-33-35-37-39-41-45(50)47-43(42-48)46(51)44(49)40-38-36-34-32-30-28-26-24-20-18-16-14-12-10-8-6-4-2/h22-24,26,32,34,43-44,46,48-49,51H,3-21,25,27-31,33,35-42H2,1-2H3,(H,47,50)/b23-22-,26-24+,34-32+. The number of carbonyl (C=O) groups excluding carboxylic acids is 1. The average Bonchev–Trinajstić information content (AvgIpc) is 3.13. The van der Waals surface area contributed by atoms with E-state index in [0.717, 1.165) is 44.9 Å². The maximum absolute atomic E-state index is 12.4. The number of carbonyl (C=O) groups is 1. The van der Waals surface area contributed by atoms with Crippen molar-refractivity contribution in [1.82, 2.24) is 5.32 Å². The summed E-state index contributed by atoms with van der Waals surface area (Å²) < 4.78 is 0. The van der Waals surface area contributed by atoms with Crippen molar-refractivity contribution in [2.45, 2.75) is 244 Å². The van der Waals surface area contributed by atoms with E-state index in [-0.39, 0.29) is 12.5 Å². The number of hydrogen-bond acceptors (Lipinski definition) is 4. The lowest BCUT2D eigenvalue weighted by atomic mass is 10.0. The summed E-state index contributed by atoms with van der Waals surface area (Å²) in [7, 11) is 0. The van der Waals surface area contributed by atoms with Gasteiger partial charge in [0.15, 0.2) is 0 Å². The zero-order valence-corrected chi connectivity index (χ0v) is 34.0. The van der Waals surface area contributed by atoms with Crippen LogP contribution in [0.4, 0.5) is 0 Å². The van der Waals surface area contributed by atoms with Crippen molar-refractivity contribution >= 4 is 5.91 Å². The zero-order valence-electron chi connectivity index (χ0n) is 34.0. The van der Waals surface area contributed by atoms with Crippen LogP contribution in [0.1, 0.15) is 226 Å². The second-order valence-corrected chi connectivity index (χ2v) is 15.2. The van der Waals surface area contributed by atoms with Gasteiger partial charge < -0.3 is 20.6 Å². The molecule has 5 nitrogen and oxygen atoms in total. The highest BCUT2D eigenvalue weighted by Gasteiger charge is 2.26. The molecular weight excluding hydrogens is 631 g/mol. The summed E-state index contributed by atoms with van der Waals surface area (Å²) in [5.41, 5.74) is 0. The Labute approximate surface area is 317 Å². The van der Waals surface area contributed by atoms with Crippen molar-refractivity contribution in [1.29, 1.82) is 0 Å². The molecule has 0 aliphatic carbocycles. The summed E-state index contributed by atoms with van der Waals surface area (Å²) in [6, 6.07) is -0.834. The van der Waals surface area contributed by atoms with E-state index < -0.39 is 18.2 Å². The third-order valence-corrected chi connectivity index (χ3v) is 10.2. The molecule has 0 aromatic carbocycles. The molecule has 3 unspecified atom stereocenters. The molecule has 0 aromatic rings. The largest absolute Gasteiger partial charge is 0.394 e. The average molecular weight is 718 g/mol. The van der Waals surface area contributed by atoms with Crippen LogP contribution in [0, 0.1) is 0 Å². The molecule has 4 N–H and O–H groups in total. The number of aliphatic hydroxyl groups excluding tert-OH is 3. The first-order valence-electron chi connectivity index (χ1n) is 22.3. The molecule has 0 aliphatic heterocycles. The maximum Gasteiger partial charge on any atom is 0.220 e. The first-order valence-corrected chi connectivity index (χ1v) is 22.3. The van der Waals surface area contributed by atoms with Crippen molar-refractivity contribution in [2.75, 3.05) is 6.61 Å². The number of aliphatic hydroxyl groups is 3. The van der Waals surface area contributed by atoms with Gasteiger partial charge in [-0.3, -0.25) is 4.79 Å². The van der Waals surface area contributed by atoms with E-state index in [2.05, 4.69) is 55.6 Å². The number of allylic oxidation sites excluding steroid dienone is 6. The normalized spacial score (nSPS) is 13.9. The van der Waals surface area contributed by atoms with Crippen LogP contribution in [0.3, 0.4) is 0 Å². The van der Waals surface area contributed by atoms with Gasteiger partial charge in [0.1, 0.15) is 6.10 Å². The summed E-state index contributed by atoms with van der Waals surface area (Å²) >= 11 is 0. The molecule has 0 rings (SSSR count). The topological polar surface area (TPSA) is 89.8 Å². The Morgan fingerprint density at radius 2 is 0.804 bits per heavy atom. The molecule has 1 amide bonds. The quantitative estimate of drug-likeness (QED) is 0.0375. The van der Waals surface area contributed by atoms with Crippen molar-refractivity contribution in [3.63, 3.8) is 0 Å². The second-order valence-electron chi connectivity index (χ2n) is 15.2. The maximum atomic E-state index is 12.4. The predicted octanol–water partition coefficient (Wildman–Crippen LogP) is 12.8. The summed E-state index contributed by atoms with van der Waals surface area (Å²) in [5.74, 6) is -0.163. The lowest BCUT2D eigenvalue weighted by molar-refractivity contribution is -0.124. The van der Waals surface area contributed by atoms with Crippen LogP contribution < -0.4 is 5.32 Å². The van der Waals surface area contributed by atoms with E-state index in [1.165, 1.54) is 154 Å². The Hall–Kier alpha value is -1.43. The van der Waals surface area contributed by atoms with Crippen molar-refractivity contribution in [3.05, 3.63) is 36.5 Å². The van der Waals surface area contributed by atoms with E-state index in [4.69, 9.17) is 0 Å². The van der Waals surface area contributed by atoms with E-state index in [9.17, 15) is 20.1 Å². The van der Waals surface area contributed by atoms with Crippen molar-refractivity contribution in [2.24, 2.45) is 0 Å². The molecule has 0 radical (unpaired) electrons. The molecule has 0 aromatic heterocycles. The predicted molar refractivity (Wildman–Crippen MR) is 222 cm³/mol. The van der Waals surface area contributed by atoms with Crippen LogP contribution in [-0.4, -0.2) is 46.1 Å². The molecule has 0 bridgehead atoms. The number of unbranched alkanes of at least 4 members (excludes halogenated alkanes) is 26. The van der Waals surface area contributed by atoms with Crippen LogP contribution in [0.2, 0.25) is 0 Å². The van der Waals surface area contributed by atoms with E-state index in [0.29, 0.717) is 12.8 Å². The van der Waals surface area contributed by atoms with Crippen molar-refractivity contribution < 1.29 is 20.1 Å². The van der Waals surface area contributed by atoms with Crippen LogP contribution >= 0.6 is 0 Å². The Kier molecular flexibility index (Phi) is 40.2. The van der Waals surface area contributed by atoms with Crippen LogP contribution in [0.15, 0.2) is 36.5 Å². The Morgan fingerprint density at radius 3 is 1.20 bits per heavy atom. The SMILES string of the molecule is CCCCCCCCCC/C=C/CC/C=C/CCCC(O)C(O)C(CO)NC(=O)CCCCCCCCC/C=C\CCCCCCCCCCC. The molecule has 0 spiro atoms. The Bertz CT molecular complexity index is 794. The number of hydrogen-bond donors (Lipinski definition) is 4. The van der Waals surface area contributed by atoms with Gasteiger partial charge in [0.05, 0.1) is 18.8 Å². The molecular formula is C46H87NO4. The zero-order chi connectivity index (χ0) is 37.3. The summed E-state index contributed by atoms with van der Waals surface area (Å²) in [5, 5.41) is 33.5. The van der Waals surface area contributed by atoms with Crippen LogP contribution in [-0.2, 0) is 4.79 Å². The summed E-state index contributed by atoms with van der Waals surface area (Å²) in [6.45, 7) is 4.16. The van der Waals surface area contributed by atoms with Crippen LogP contribution in [0.5, 0.6) is 0 Å². The molecule has 0 saturated carbocycles. The van der Waals surface area contributed by atoms with Gasteiger partial charge in [-0.2, -0.15) is 0 Å². The van der Waals surface area contributed by atoms with Gasteiger partial charge in [0.2, 0.25) is 5.91 Å². The lowest BCUT2D eigenvalue weighted by Gasteiger charge is -2.26. The summed E-state index contributed by atoms with van der Waals surface area (Å²) in [6.07, 6.45) is 51.1. The molecule has 3 atom stereocenters. The monoisotopic (exact) mass is 718 g/mol. The Morgan fingerprint density at radius 1 is 0.471 bits per heavy atom. The molecule has 0 heterocycles. The van der Waals surface area contributed by atoms with Gasteiger partial charge in [-0.15, -0.1) is 0 Å². The highest BCUT2D eigenvalue weighted by atomic mass is 16.3. The first-order chi connectivity index (χ1) is 25.1. The van der Waals surface area contributed by atoms with E-state index in [1.807, 2.05) is 0 Å². The Balaban J connectivity index is 3.70. The third-order valence-electron chi connectivity index (χ3n) is 10.2. The van der Waals surface area contributed by atoms with Gasteiger partial charge in [-0.25, -0.2) is 0 Å². The fourth-order valence-corrected chi connectivity index (χ4v) is 6.70. The van der Waals surface area contributed by atoms with Crippen molar-refractivity contribution in [3.8, 4) is 0 Å². The minimum absolute atomic E-state index is 0.163. The molecule has 0 aliphatic rings. The fourth-order valence-electron chi connectivity index (χ4n) is 6.70. The third kappa shape index (κ3) is 36.7. The molecule has 300 valence electrons. The molecule has 5 heteroatoms. The number of amides is 1. The highest BCUT2D eigenvalue weighted by Crippen LogP contribution is 2.14. The molecule has 51 heavy (non-hydrogen) atoms. The second kappa shape index (κ2) is 41.3. The fraction of sp³-hybridized carbons (Fsp3) is 0.848. The minimum Gasteiger partial charge on any atom is -0.394 e. The molecule has 0 saturated heterocycles. The molecule has 0 fully saturated rings. The lowest BCUT2D eigenvalue weighted by Crippen LogP contribution is -2.50. The first kappa shape index (κ1) is 49.6. The summed E-state index contributed by atoms with van der Waals surface area (Å²) in [4.78, 5) is 12.4. The van der Waals surface area contributed by atoms with Gasteiger partial charge in [0.25, 0.3) is 0 Å².